The van der Waals surface area contributed by atoms with Gasteiger partial charge in [-0.05, 0) is 64.9 Å². The van der Waals surface area contributed by atoms with E-state index in [0.29, 0.717) is 4.90 Å². The van der Waals surface area contributed by atoms with Gasteiger partial charge < -0.3 is 10.2 Å². The number of benzene rings is 3. The van der Waals surface area contributed by atoms with Gasteiger partial charge in [0.15, 0.2) is 0 Å². The fraction of sp³-hybridized carbons (Fsp3) is 0.208. The molecular weight excluding hydrogens is 494 g/mol. The van der Waals surface area contributed by atoms with E-state index in [4.69, 9.17) is 15.0 Å². The first-order valence-electron chi connectivity index (χ1n) is 10.0. The van der Waals surface area contributed by atoms with Crippen LogP contribution < -0.4 is 4.72 Å². The summed E-state index contributed by atoms with van der Waals surface area (Å²) in [5.74, 6) is 0. The summed E-state index contributed by atoms with van der Waals surface area (Å²) >= 11 is 3.51. The zero-order chi connectivity index (χ0) is 23.1. The number of rotatable bonds is 4. The average molecular weight is 516 g/mol. The lowest BCUT2D eigenvalue weighted by Crippen LogP contribution is -2.30. The SMILES string of the molecule is C[C@]1(c2ccccc2)C[C@@H]1NS(=O)(=O)c1ccc2c(c1)Cc1cc(Br)ccc1-2.O=C(O)O. The van der Waals surface area contributed by atoms with Crippen LogP contribution in [0.3, 0.4) is 0 Å². The highest BCUT2D eigenvalue weighted by Gasteiger charge is 2.53. The lowest BCUT2D eigenvalue weighted by atomic mass is 9.98. The zero-order valence-electron chi connectivity index (χ0n) is 17.2. The van der Waals surface area contributed by atoms with Crippen LogP contribution in [0.25, 0.3) is 11.1 Å². The summed E-state index contributed by atoms with van der Waals surface area (Å²) in [5.41, 5.74) is 5.66. The van der Waals surface area contributed by atoms with Gasteiger partial charge in [0, 0.05) is 15.9 Å². The van der Waals surface area contributed by atoms with Crippen LogP contribution in [0.4, 0.5) is 4.79 Å². The molecule has 6 nitrogen and oxygen atoms in total. The molecule has 5 rings (SSSR count). The van der Waals surface area contributed by atoms with Crippen molar-refractivity contribution < 1.29 is 23.4 Å². The highest BCUT2D eigenvalue weighted by Crippen LogP contribution is 2.48. The van der Waals surface area contributed by atoms with Crippen LogP contribution in [0.1, 0.15) is 30.0 Å². The molecule has 2 aliphatic rings. The molecule has 1 fully saturated rings. The molecule has 0 amide bonds. The van der Waals surface area contributed by atoms with Crippen molar-refractivity contribution in [2.24, 2.45) is 0 Å². The normalized spacial score (nSPS) is 20.5. The number of halogens is 1. The monoisotopic (exact) mass is 515 g/mol. The van der Waals surface area contributed by atoms with Gasteiger partial charge in [0.25, 0.3) is 0 Å². The minimum absolute atomic E-state index is 0.0682. The Morgan fingerprint density at radius 1 is 1.00 bits per heavy atom. The molecule has 2 aliphatic carbocycles. The van der Waals surface area contributed by atoms with Gasteiger partial charge in [-0.1, -0.05) is 65.3 Å². The molecule has 0 unspecified atom stereocenters. The standard InChI is InChI=1S/C23H20BrNO2S.CH2O3/c1-23(17-5-3-2-4-6-17)14-22(23)25-28(26,27)19-8-10-21-16(13-19)11-15-12-18(24)7-9-20(15)21;2-1(3)4/h2-10,12-13,22,25H,11,14H2,1H3;(H2,2,3,4)/t22-,23+;/m0./s1. The molecule has 0 heterocycles. The van der Waals surface area contributed by atoms with E-state index in [1.165, 1.54) is 16.7 Å². The van der Waals surface area contributed by atoms with Gasteiger partial charge in [0.1, 0.15) is 0 Å². The van der Waals surface area contributed by atoms with E-state index < -0.39 is 16.2 Å². The van der Waals surface area contributed by atoms with Crippen LogP contribution in [0.2, 0.25) is 0 Å². The molecule has 1 saturated carbocycles. The number of carboxylic acid groups (broad SMARTS) is 2. The van der Waals surface area contributed by atoms with Gasteiger partial charge in [-0.25, -0.2) is 17.9 Å². The summed E-state index contributed by atoms with van der Waals surface area (Å²) in [5, 5.41) is 13.9. The summed E-state index contributed by atoms with van der Waals surface area (Å²) in [6.45, 7) is 2.12. The van der Waals surface area contributed by atoms with Crippen LogP contribution in [-0.2, 0) is 21.9 Å². The molecular formula is C24H22BrNO5S. The van der Waals surface area contributed by atoms with E-state index in [1.807, 2.05) is 36.4 Å². The maximum atomic E-state index is 13.0. The summed E-state index contributed by atoms with van der Waals surface area (Å²) in [6, 6.07) is 21.8. The molecule has 0 saturated heterocycles. The first-order chi connectivity index (χ1) is 15.1. The molecule has 3 aromatic carbocycles. The van der Waals surface area contributed by atoms with Crippen molar-refractivity contribution in [2.45, 2.75) is 36.1 Å². The second-order valence-corrected chi connectivity index (χ2v) is 10.9. The number of hydrogen-bond acceptors (Lipinski definition) is 3. The van der Waals surface area contributed by atoms with E-state index in [-0.39, 0.29) is 11.5 Å². The smallest absolute Gasteiger partial charge is 0.450 e. The van der Waals surface area contributed by atoms with Crippen molar-refractivity contribution in [2.75, 3.05) is 0 Å². The van der Waals surface area contributed by atoms with Gasteiger partial charge in [-0.3, -0.25) is 0 Å². The molecule has 32 heavy (non-hydrogen) atoms. The summed E-state index contributed by atoms with van der Waals surface area (Å²) in [7, 11) is -3.55. The fourth-order valence-electron chi connectivity index (χ4n) is 4.25. The quantitative estimate of drug-likeness (QED) is 0.344. The molecule has 0 aliphatic heterocycles. The molecule has 3 N–H and O–H groups in total. The Morgan fingerprint density at radius 2 is 1.59 bits per heavy atom. The van der Waals surface area contributed by atoms with E-state index in [2.05, 4.69) is 51.8 Å². The molecule has 0 radical (unpaired) electrons. The lowest BCUT2D eigenvalue weighted by Gasteiger charge is -2.13. The van der Waals surface area contributed by atoms with Crippen molar-refractivity contribution in [1.29, 1.82) is 0 Å². The number of sulfonamides is 1. The Bertz CT molecular complexity index is 1290. The summed E-state index contributed by atoms with van der Waals surface area (Å²) in [6.07, 6.45) is -0.251. The highest BCUT2D eigenvalue weighted by atomic mass is 79.9. The summed E-state index contributed by atoms with van der Waals surface area (Å²) < 4.78 is 30.0. The van der Waals surface area contributed by atoms with E-state index in [0.717, 1.165) is 28.4 Å². The Labute approximate surface area is 195 Å². The van der Waals surface area contributed by atoms with Gasteiger partial charge in [0.05, 0.1) is 4.90 Å². The maximum Gasteiger partial charge on any atom is 0.503 e. The van der Waals surface area contributed by atoms with Crippen molar-refractivity contribution >= 4 is 32.1 Å². The molecule has 3 aromatic rings. The van der Waals surface area contributed by atoms with Crippen LogP contribution in [-0.4, -0.2) is 30.8 Å². The number of carbonyl (C=O) groups is 1. The predicted molar refractivity (Wildman–Crippen MR) is 126 cm³/mol. The van der Waals surface area contributed by atoms with Gasteiger partial charge >= 0.3 is 6.16 Å². The second-order valence-electron chi connectivity index (χ2n) is 8.24. The van der Waals surface area contributed by atoms with Crippen LogP contribution in [0.15, 0.2) is 76.1 Å². The number of fused-ring (bicyclic) bond motifs is 3. The first kappa shape index (κ1) is 22.5. The molecule has 0 bridgehead atoms. The van der Waals surface area contributed by atoms with Gasteiger partial charge in [0.2, 0.25) is 10.0 Å². The van der Waals surface area contributed by atoms with Crippen LogP contribution in [0.5, 0.6) is 0 Å². The Morgan fingerprint density at radius 3 is 2.25 bits per heavy atom. The highest BCUT2D eigenvalue weighted by molar-refractivity contribution is 9.10. The molecule has 0 spiro atoms. The third-order valence-electron chi connectivity index (χ3n) is 6.09. The average Bonchev–Trinajstić information content (AvgIpc) is 3.23. The molecule has 2 atom stereocenters. The van der Waals surface area contributed by atoms with Crippen LogP contribution in [0, 0.1) is 0 Å². The van der Waals surface area contributed by atoms with E-state index >= 15 is 0 Å². The van der Waals surface area contributed by atoms with Crippen molar-refractivity contribution in [3.63, 3.8) is 0 Å². The van der Waals surface area contributed by atoms with Crippen molar-refractivity contribution in [3.05, 3.63) is 87.9 Å². The third-order valence-corrected chi connectivity index (χ3v) is 8.06. The van der Waals surface area contributed by atoms with Crippen molar-refractivity contribution in [1.82, 2.24) is 4.72 Å². The largest absolute Gasteiger partial charge is 0.503 e. The molecule has 166 valence electrons. The van der Waals surface area contributed by atoms with Gasteiger partial charge in [-0.2, -0.15) is 0 Å². The van der Waals surface area contributed by atoms with E-state index in [9.17, 15) is 8.42 Å². The predicted octanol–water partition coefficient (Wildman–Crippen LogP) is 5.25. The fourth-order valence-corrected chi connectivity index (χ4v) is 6.06. The Balaban J connectivity index is 0.000000567. The number of nitrogens with one attached hydrogen (secondary N) is 1. The molecule has 0 aromatic heterocycles. The van der Waals surface area contributed by atoms with Crippen molar-refractivity contribution in [3.8, 4) is 11.1 Å². The maximum absolute atomic E-state index is 13.0. The third kappa shape index (κ3) is 4.44. The lowest BCUT2D eigenvalue weighted by molar-refractivity contribution is 0.137. The Kier molecular flexibility index (Phi) is 5.87. The molecule has 8 heteroatoms. The van der Waals surface area contributed by atoms with Gasteiger partial charge in [-0.15, -0.1) is 0 Å². The first-order valence-corrected chi connectivity index (χ1v) is 12.3. The Hall–Kier alpha value is -2.68. The second kappa shape index (κ2) is 8.35. The van der Waals surface area contributed by atoms with Crippen LogP contribution >= 0.6 is 15.9 Å². The zero-order valence-corrected chi connectivity index (χ0v) is 19.7. The minimum Gasteiger partial charge on any atom is -0.450 e. The number of hydrogen-bond donors (Lipinski definition) is 3. The van der Waals surface area contributed by atoms with E-state index in [1.54, 1.807) is 6.07 Å². The minimum atomic E-state index is -3.55. The summed E-state index contributed by atoms with van der Waals surface area (Å²) in [4.78, 5) is 8.90. The topological polar surface area (TPSA) is 104 Å².